The van der Waals surface area contributed by atoms with Crippen LogP contribution in [0, 0.1) is 0 Å². The number of fused-ring (bicyclic) bond motifs is 9. The molecule has 0 bridgehead atoms. The van der Waals surface area contributed by atoms with Gasteiger partial charge in [0.2, 0.25) is 0 Å². The lowest BCUT2D eigenvalue weighted by molar-refractivity contribution is 0.669. The lowest BCUT2D eigenvalue weighted by atomic mass is 9.67. The molecule has 0 aliphatic heterocycles. The number of aromatic nitrogens is 3. The Labute approximate surface area is 367 Å². The van der Waals surface area contributed by atoms with Crippen molar-refractivity contribution < 1.29 is 4.42 Å². The van der Waals surface area contributed by atoms with E-state index >= 15 is 0 Å². The van der Waals surface area contributed by atoms with Gasteiger partial charge in [-0.1, -0.05) is 182 Å². The molecule has 9 aromatic carbocycles. The van der Waals surface area contributed by atoms with Crippen molar-refractivity contribution in [1.29, 1.82) is 0 Å². The molecule has 0 radical (unpaired) electrons. The highest BCUT2D eigenvalue weighted by Gasteiger charge is 2.46. The second kappa shape index (κ2) is 14.0. The van der Waals surface area contributed by atoms with E-state index in [-0.39, 0.29) is 0 Å². The van der Waals surface area contributed by atoms with Crippen LogP contribution in [0.25, 0.3) is 98.5 Å². The molecule has 3 aromatic heterocycles. The van der Waals surface area contributed by atoms with Crippen LogP contribution in [-0.4, -0.2) is 15.0 Å². The standard InChI is InChI=1S/C58H35N3OS/c1-2-14-37(15-3-1)55-59-56(61-57(60-55)48-23-13-22-47-44-20-6-10-26-51(44)62-54(47)48)39-17-12-16-38(34-39)36-28-30-40(31-29-36)58(49-24-8-4-18-42(49)43-19-5-9-25-50(43)58)41-32-33-46-45-21-7-11-27-52(45)63-53(46)35-41/h1-35H. The molecule has 1 aliphatic rings. The van der Waals surface area contributed by atoms with Crippen LogP contribution in [0.15, 0.2) is 217 Å². The Morgan fingerprint density at radius 2 is 0.921 bits per heavy atom. The number of hydrogen-bond donors (Lipinski definition) is 0. The van der Waals surface area contributed by atoms with Crippen LogP contribution in [0.3, 0.4) is 0 Å². The number of furan rings is 1. The second-order valence-corrected chi connectivity index (χ2v) is 17.3. The van der Waals surface area contributed by atoms with E-state index < -0.39 is 5.41 Å². The van der Waals surface area contributed by atoms with Crippen LogP contribution in [-0.2, 0) is 5.41 Å². The quantitative estimate of drug-likeness (QED) is 0.168. The predicted octanol–water partition coefficient (Wildman–Crippen LogP) is 15.2. The molecular formula is C58H35N3OS. The zero-order valence-corrected chi connectivity index (χ0v) is 34.7. The molecule has 0 unspecified atom stereocenters. The van der Waals surface area contributed by atoms with Gasteiger partial charge in [-0.2, -0.15) is 0 Å². The SMILES string of the molecule is c1ccc(-c2nc(-c3cccc(-c4ccc(C5(c6ccc7c(c6)sc6ccccc67)c6ccccc6-c6ccccc65)cc4)c3)nc(-c3cccc4c3oc3ccccc34)n2)cc1. The van der Waals surface area contributed by atoms with Crippen molar-refractivity contribution in [2.75, 3.05) is 0 Å². The van der Waals surface area contributed by atoms with Crippen molar-refractivity contribution in [1.82, 2.24) is 15.0 Å². The van der Waals surface area contributed by atoms with Gasteiger partial charge in [-0.05, 0) is 74.8 Å². The first kappa shape index (κ1) is 35.7. The van der Waals surface area contributed by atoms with Gasteiger partial charge < -0.3 is 4.42 Å². The van der Waals surface area contributed by atoms with E-state index in [1.165, 1.54) is 53.6 Å². The largest absolute Gasteiger partial charge is 0.455 e. The number of para-hydroxylation sites is 2. The predicted molar refractivity (Wildman–Crippen MR) is 259 cm³/mol. The topological polar surface area (TPSA) is 51.8 Å². The van der Waals surface area contributed by atoms with Crippen molar-refractivity contribution in [3.8, 4) is 56.4 Å². The summed E-state index contributed by atoms with van der Waals surface area (Å²) in [6, 6.07) is 75.9. The van der Waals surface area contributed by atoms with Crippen molar-refractivity contribution in [3.05, 3.63) is 235 Å². The molecule has 0 N–H and O–H groups in total. The number of hydrogen-bond acceptors (Lipinski definition) is 5. The first-order valence-corrected chi connectivity index (χ1v) is 22.1. The van der Waals surface area contributed by atoms with Crippen molar-refractivity contribution >= 4 is 53.4 Å². The molecule has 5 heteroatoms. The highest BCUT2D eigenvalue weighted by atomic mass is 32.1. The Hall–Kier alpha value is -7.99. The smallest absolute Gasteiger partial charge is 0.167 e. The Morgan fingerprint density at radius 3 is 1.73 bits per heavy atom. The molecule has 0 atom stereocenters. The first-order valence-electron chi connectivity index (χ1n) is 21.3. The molecule has 0 fully saturated rings. The maximum atomic E-state index is 6.46. The van der Waals surface area contributed by atoms with Gasteiger partial charge in [0, 0.05) is 42.1 Å². The number of benzene rings is 9. The first-order chi connectivity index (χ1) is 31.2. The van der Waals surface area contributed by atoms with Crippen LogP contribution < -0.4 is 0 Å². The highest BCUT2D eigenvalue weighted by Crippen LogP contribution is 2.57. The number of thiophene rings is 1. The molecule has 13 rings (SSSR count). The summed E-state index contributed by atoms with van der Waals surface area (Å²) in [7, 11) is 0. The monoisotopic (exact) mass is 821 g/mol. The number of rotatable bonds is 6. The molecule has 294 valence electrons. The Kier molecular flexibility index (Phi) is 7.96. The van der Waals surface area contributed by atoms with Gasteiger partial charge in [-0.15, -0.1) is 11.3 Å². The van der Waals surface area contributed by atoms with Crippen LogP contribution in [0.2, 0.25) is 0 Å². The summed E-state index contributed by atoms with van der Waals surface area (Å²) in [6.45, 7) is 0. The minimum absolute atomic E-state index is 0.504. The van der Waals surface area contributed by atoms with Gasteiger partial charge in [0.25, 0.3) is 0 Å². The molecule has 3 heterocycles. The van der Waals surface area contributed by atoms with Gasteiger partial charge in [-0.25, -0.2) is 15.0 Å². The molecule has 0 amide bonds. The van der Waals surface area contributed by atoms with E-state index in [1.807, 2.05) is 72.0 Å². The van der Waals surface area contributed by atoms with Gasteiger partial charge in [-0.3, -0.25) is 0 Å². The average molecular weight is 822 g/mol. The highest BCUT2D eigenvalue weighted by molar-refractivity contribution is 7.25. The van der Waals surface area contributed by atoms with Crippen LogP contribution in [0.4, 0.5) is 0 Å². The third-order valence-electron chi connectivity index (χ3n) is 12.8. The van der Waals surface area contributed by atoms with Gasteiger partial charge >= 0.3 is 0 Å². The van der Waals surface area contributed by atoms with Crippen molar-refractivity contribution in [3.63, 3.8) is 0 Å². The Morgan fingerprint density at radius 1 is 0.349 bits per heavy atom. The van der Waals surface area contributed by atoms with E-state index in [4.69, 9.17) is 19.4 Å². The molecular weight excluding hydrogens is 787 g/mol. The molecule has 63 heavy (non-hydrogen) atoms. The van der Waals surface area contributed by atoms with Crippen LogP contribution in [0.5, 0.6) is 0 Å². The van der Waals surface area contributed by atoms with Crippen LogP contribution in [0.1, 0.15) is 22.3 Å². The summed E-state index contributed by atoms with van der Waals surface area (Å²) in [4.78, 5) is 15.3. The van der Waals surface area contributed by atoms with Crippen LogP contribution >= 0.6 is 11.3 Å². The zero-order chi connectivity index (χ0) is 41.5. The second-order valence-electron chi connectivity index (χ2n) is 16.3. The summed E-state index contributed by atoms with van der Waals surface area (Å²) >= 11 is 1.87. The third kappa shape index (κ3) is 5.50. The zero-order valence-electron chi connectivity index (χ0n) is 33.9. The molecule has 0 saturated heterocycles. The van der Waals surface area contributed by atoms with E-state index in [0.29, 0.717) is 17.5 Å². The fraction of sp³-hybridized carbons (Fsp3) is 0.0172. The fourth-order valence-corrected chi connectivity index (χ4v) is 11.1. The summed E-state index contributed by atoms with van der Waals surface area (Å²) in [5.41, 5.74) is 13.6. The lowest BCUT2D eigenvalue weighted by Gasteiger charge is -2.34. The fourth-order valence-electron chi connectivity index (χ4n) is 10.00. The van der Waals surface area contributed by atoms with E-state index in [0.717, 1.165) is 49.8 Å². The van der Waals surface area contributed by atoms with Gasteiger partial charge in [0.15, 0.2) is 17.5 Å². The minimum atomic E-state index is -0.504. The Bertz CT molecular complexity index is 3710. The van der Waals surface area contributed by atoms with Gasteiger partial charge in [0.05, 0.1) is 11.0 Å². The third-order valence-corrected chi connectivity index (χ3v) is 14.0. The van der Waals surface area contributed by atoms with E-state index in [1.54, 1.807) is 0 Å². The molecule has 0 spiro atoms. The lowest BCUT2D eigenvalue weighted by Crippen LogP contribution is -2.28. The normalized spacial score (nSPS) is 12.9. The summed E-state index contributed by atoms with van der Waals surface area (Å²) in [6.07, 6.45) is 0. The molecule has 12 aromatic rings. The molecule has 1 aliphatic carbocycles. The van der Waals surface area contributed by atoms with E-state index in [2.05, 4.69) is 152 Å². The summed E-state index contributed by atoms with van der Waals surface area (Å²) in [5.74, 6) is 1.77. The molecule has 0 saturated carbocycles. The average Bonchev–Trinajstić information content (AvgIpc) is 4.02. The minimum Gasteiger partial charge on any atom is -0.455 e. The maximum absolute atomic E-state index is 6.46. The van der Waals surface area contributed by atoms with Crippen molar-refractivity contribution in [2.24, 2.45) is 0 Å². The van der Waals surface area contributed by atoms with E-state index in [9.17, 15) is 0 Å². The summed E-state index contributed by atoms with van der Waals surface area (Å²) < 4.78 is 9.07. The molecule has 4 nitrogen and oxygen atoms in total. The number of nitrogens with zero attached hydrogens (tertiary/aromatic N) is 3. The van der Waals surface area contributed by atoms with Gasteiger partial charge in [0.1, 0.15) is 11.2 Å². The Balaban J connectivity index is 0.945. The van der Waals surface area contributed by atoms with Crippen molar-refractivity contribution in [2.45, 2.75) is 5.41 Å². The summed E-state index contributed by atoms with van der Waals surface area (Å²) in [5, 5.41) is 4.71. The maximum Gasteiger partial charge on any atom is 0.167 e.